The van der Waals surface area contributed by atoms with Crippen molar-refractivity contribution in [3.05, 3.63) is 45.4 Å². The summed E-state index contributed by atoms with van der Waals surface area (Å²) in [6.45, 7) is 3.61. The van der Waals surface area contributed by atoms with Crippen molar-refractivity contribution in [1.29, 1.82) is 0 Å². The summed E-state index contributed by atoms with van der Waals surface area (Å²) in [7, 11) is -3.70. The van der Waals surface area contributed by atoms with E-state index in [1.165, 1.54) is 24.3 Å². The highest BCUT2D eigenvalue weighted by Crippen LogP contribution is 2.21. The van der Waals surface area contributed by atoms with Crippen molar-refractivity contribution in [2.75, 3.05) is 5.73 Å². The van der Waals surface area contributed by atoms with Gasteiger partial charge >= 0.3 is 0 Å². The maximum absolute atomic E-state index is 13.4. The molecule has 0 atom stereocenters. The van der Waals surface area contributed by atoms with Crippen LogP contribution >= 0.6 is 11.3 Å². The minimum Gasteiger partial charge on any atom is -0.396 e. The van der Waals surface area contributed by atoms with Crippen LogP contribution in [0, 0.1) is 19.7 Å². The van der Waals surface area contributed by atoms with E-state index in [-0.39, 0.29) is 22.7 Å². The van der Waals surface area contributed by atoms with Crippen LogP contribution in [0.25, 0.3) is 0 Å². The summed E-state index contributed by atoms with van der Waals surface area (Å²) in [5.41, 5.74) is 6.54. The molecule has 0 bridgehead atoms. The van der Waals surface area contributed by atoms with Crippen molar-refractivity contribution < 1.29 is 12.8 Å². The van der Waals surface area contributed by atoms with Crippen LogP contribution in [0.4, 0.5) is 10.1 Å². The molecule has 108 valence electrons. The van der Waals surface area contributed by atoms with Gasteiger partial charge in [0.25, 0.3) is 0 Å². The lowest BCUT2D eigenvalue weighted by Crippen LogP contribution is -2.23. The Morgan fingerprint density at radius 2 is 2.00 bits per heavy atom. The first-order valence-electron chi connectivity index (χ1n) is 5.89. The van der Waals surface area contributed by atoms with Crippen LogP contribution in [0.1, 0.15) is 16.0 Å². The quantitative estimate of drug-likeness (QED) is 0.852. The fourth-order valence-corrected chi connectivity index (χ4v) is 3.80. The average molecular weight is 314 g/mol. The van der Waals surface area contributed by atoms with Gasteiger partial charge in [-0.2, -0.15) is 0 Å². The van der Waals surface area contributed by atoms with Gasteiger partial charge in [-0.25, -0.2) is 17.5 Å². The monoisotopic (exact) mass is 314 g/mol. The van der Waals surface area contributed by atoms with Gasteiger partial charge in [-0.1, -0.05) is 0 Å². The number of thiophene rings is 1. The molecule has 4 nitrogen and oxygen atoms in total. The van der Waals surface area contributed by atoms with Crippen molar-refractivity contribution in [3.8, 4) is 0 Å². The molecule has 1 aromatic carbocycles. The van der Waals surface area contributed by atoms with Gasteiger partial charge in [0, 0.05) is 11.4 Å². The van der Waals surface area contributed by atoms with E-state index in [1.807, 2.05) is 18.4 Å². The number of nitrogen functional groups attached to an aromatic ring is 1. The number of nitrogens with one attached hydrogen (secondary N) is 1. The Labute approximate surface area is 121 Å². The maximum Gasteiger partial charge on any atom is 0.240 e. The molecule has 0 spiro atoms. The Morgan fingerprint density at radius 3 is 2.55 bits per heavy atom. The van der Waals surface area contributed by atoms with E-state index in [1.54, 1.807) is 0 Å². The summed E-state index contributed by atoms with van der Waals surface area (Å²) in [5.74, 6) is -0.585. The van der Waals surface area contributed by atoms with Crippen molar-refractivity contribution in [1.82, 2.24) is 4.72 Å². The zero-order valence-electron chi connectivity index (χ0n) is 11.1. The molecule has 2 aromatic rings. The smallest absolute Gasteiger partial charge is 0.240 e. The van der Waals surface area contributed by atoms with E-state index in [9.17, 15) is 12.8 Å². The second kappa shape index (κ2) is 5.51. The number of hydrogen-bond acceptors (Lipinski definition) is 4. The topological polar surface area (TPSA) is 72.2 Å². The molecule has 0 aliphatic heterocycles. The molecule has 0 saturated carbocycles. The highest BCUT2D eigenvalue weighted by molar-refractivity contribution is 7.89. The molecule has 0 aliphatic rings. The van der Waals surface area contributed by atoms with Crippen molar-refractivity contribution in [2.45, 2.75) is 25.3 Å². The second-order valence-corrected chi connectivity index (χ2v) is 7.26. The maximum atomic E-state index is 13.4. The molecule has 0 radical (unpaired) electrons. The van der Waals surface area contributed by atoms with Crippen LogP contribution in [0.2, 0.25) is 0 Å². The van der Waals surface area contributed by atoms with Gasteiger partial charge in [-0.05, 0) is 48.6 Å². The van der Waals surface area contributed by atoms with Crippen molar-refractivity contribution >= 4 is 27.0 Å². The van der Waals surface area contributed by atoms with Crippen LogP contribution in [-0.2, 0) is 16.6 Å². The summed E-state index contributed by atoms with van der Waals surface area (Å²) in [6.07, 6.45) is 0. The fraction of sp³-hybridized carbons (Fsp3) is 0.231. The molecule has 1 heterocycles. The number of nitrogens with two attached hydrogens (primary N) is 1. The summed E-state index contributed by atoms with van der Waals surface area (Å²) < 4.78 is 40.3. The van der Waals surface area contributed by atoms with Crippen LogP contribution in [0.5, 0.6) is 0 Å². The van der Waals surface area contributed by atoms with Crippen LogP contribution in [-0.4, -0.2) is 8.42 Å². The minimum atomic E-state index is -3.70. The first kappa shape index (κ1) is 15.0. The van der Waals surface area contributed by atoms with Crippen molar-refractivity contribution in [3.63, 3.8) is 0 Å². The molecule has 3 N–H and O–H groups in total. The number of anilines is 1. The van der Waals surface area contributed by atoms with Crippen molar-refractivity contribution in [2.24, 2.45) is 0 Å². The van der Waals surface area contributed by atoms with E-state index < -0.39 is 15.8 Å². The Bertz CT molecular complexity index is 716. The van der Waals surface area contributed by atoms with Gasteiger partial charge in [-0.15, -0.1) is 11.3 Å². The van der Waals surface area contributed by atoms with Gasteiger partial charge < -0.3 is 5.73 Å². The molecule has 0 aliphatic carbocycles. The zero-order valence-corrected chi connectivity index (χ0v) is 12.7. The number of aryl methyl sites for hydroxylation is 2. The lowest BCUT2D eigenvalue weighted by molar-refractivity contribution is 0.580. The Balaban J connectivity index is 2.25. The Kier molecular flexibility index (Phi) is 4.12. The number of halogens is 1. The van der Waals surface area contributed by atoms with E-state index in [2.05, 4.69) is 4.72 Å². The largest absolute Gasteiger partial charge is 0.396 e. The van der Waals surface area contributed by atoms with Gasteiger partial charge in [0.15, 0.2) is 0 Å². The van der Waals surface area contributed by atoms with E-state index in [4.69, 9.17) is 5.73 Å². The minimum absolute atomic E-state index is 0.0249. The molecular weight excluding hydrogens is 299 g/mol. The number of sulfonamides is 1. The van der Waals surface area contributed by atoms with Crippen LogP contribution < -0.4 is 10.5 Å². The summed E-state index contributed by atoms with van der Waals surface area (Å²) in [4.78, 5) is 0.920. The molecular formula is C13H15FN2O2S2. The summed E-state index contributed by atoms with van der Waals surface area (Å²) in [5, 5.41) is 1.90. The third kappa shape index (κ3) is 3.00. The third-order valence-corrected chi connectivity index (χ3v) is 5.36. The zero-order chi connectivity index (χ0) is 14.9. The number of hydrogen-bond donors (Lipinski definition) is 2. The molecule has 7 heteroatoms. The van der Waals surface area contributed by atoms with Gasteiger partial charge in [0.1, 0.15) is 5.82 Å². The third-order valence-electron chi connectivity index (χ3n) is 2.96. The van der Waals surface area contributed by atoms with E-state index >= 15 is 0 Å². The van der Waals surface area contributed by atoms with E-state index in [0.29, 0.717) is 0 Å². The summed E-state index contributed by atoms with van der Waals surface area (Å²) >= 11 is 1.48. The molecule has 0 saturated heterocycles. The predicted molar refractivity (Wildman–Crippen MR) is 78.6 cm³/mol. The lowest BCUT2D eigenvalue weighted by Gasteiger charge is -2.09. The fourth-order valence-electron chi connectivity index (χ4n) is 1.75. The van der Waals surface area contributed by atoms with Gasteiger partial charge in [0.2, 0.25) is 10.0 Å². The predicted octanol–water partition coefficient (Wildman–Crippen LogP) is 2.56. The molecule has 1 aromatic heterocycles. The average Bonchev–Trinajstić information content (AvgIpc) is 2.78. The SMILES string of the molecule is Cc1ccsc1CNS(=O)(=O)c1cc(C)c(F)c(N)c1. The molecule has 0 unspecified atom stereocenters. The molecule has 0 amide bonds. The first-order chi connectivity index (χ1) is 9.31. The molecule has 0 fully saturated rings. The lowest BCUT2D eigenvalue weighted by atomic mass is 10.2. The normalized spacial score (nSPS) is 11.8. The summed E-state index contributed by atoms with van der Waals surface area (Å²) in [6, 6.07) is 4.33. The second-order valence-electron chi connectivity index (χ2n) is 4.49. The van der Waals surface area contributed by atoms with Crippen LogP contribution in [0.15, 0.2) is 28.5 Å². The Hall–Kier alpha value is -1.44. The number of benzene rings is 1. The standard InChI is InChI=1S/C13H15FN2O2S2/c1-8-3-4-19-12(8)7-16-20(17,18)10-5-9(2)13(14)11(15)6-10/h3-6,16H,7,15H2,1-2H3. The molecule has 2 rings (SSSR count). The highest BCUT2D eigenvalue weighted by Gasteiger charge is 2.17. The highest BCUT2D eigenvalue weighted by atomic mass is 32.2. The Morgan fingerprint density at radius 1 is 1.30 bits per heavy atom. The first-order valence-corrected chi connectivity index (χ1v) is 8.26. The van der Waals surface area contributed by atoms with E-state index in [0.717, 1.165) is 16.5 Å². The van der Waals surface area contributed by atoms with Gasteiger partial charge in [0.05, 0.1) is 10.6 Å². The van der Waals surface area contributed by atoms with Gasteiger partial charge in [-0.3, -0.25) is 0 Å². The number of rotatable bonds is 4. The van der Waals surface area contributed by atoms with Crippen LogP contribution in [0.3, 0.4) is 0 Å². The molecule has 20 heavy (non-hydrogen) atoms.